The predicted molar refractivity (Wildman–Crippen MR) is 96.3 cm³/mol. The van der Waals surface area contributed by atoms with E-state index in [-0.39, 0.29) is 12.7 Å². The second-order valence-electron chi connectivity index (χ2n) is 7.03. The Balaban J connectivity index is 1.29. The summed E-state index contributed by atoms with van der Waals surface area (Å²) >= 11 is 0. The zero-order valence-electron chi connectivity index (χ0n) is 15.0. The molecule has 26 heavy (non-hydrogen) atoms. The highest BCUT2D eigenvalue weighted by Crippen LogP contribution is 2.32. The first-order valence-electron chi connectivity index (χ1n) is 9.13. The molecule has 1 aromatic carbocycles. The average molecular weight is 356 g/mol. The van der Waals surface area contributed by atoms with E-state index in [4.69, 9.17) is 13.9 Å². The molecule has 6 nitrogen and oxygen atoms in total. The molecule has 2 aliphatic rings. The molecule has 1 amide bonds. The monoisotopic (exact) mass is 356 g/mol. The molecule has 1 N–H and O–H groups in total. The molecule has 138 valence electrons. The highest BCUT2D eigenvalue weighted by atomic mass is 16.7. The number of carbonyl (C=O) groups is 1. The molecule has 1 aromatic heterocycles. The number of rotatable bonds is 5. The number of nitrogens with zero attached hydrogens (tertiary/aromatic N) is 1. The summed E-state index contributed by atoms with van der Waals surface area (Å²) in [7, 11) is 0. The molecule has 2 aliphatic heterocycles. The van der Waals surface area contributed by atoms with Crippen molar-refractivity contribution in [1.29, 1.82) is 0 Å². The fraction of sp³-hybridized carbons (Fsp3) is 0.450. The van der Waals surface area contributed by atoms with Gasteiger partial charge in [0.05, 0.1) is 6.54 Å². The van der Waals surface area contributed by atoms with Crippen molar-refractivity contribution in [2.24, 2.45) is 5.92 Å². The van der Waals surface area contributed by atoms with Crippen LogP contribution in [0.5, 0.6) is 11.5 Å². The number of fused-ring (bicyclic) bond motifs is 1. The lowest BCUT2D eigenvalue weighted by molar-refractivity contribution is 0.0927. The van der Waals surface area contributed by atoms with Crippen molar-refractivity contribution in [3.63, 3.8) is 0 Å². The Kier molecular flexibility index (Phi) is 4.84. The summed E-state index contributed by atoms with van der Waals surface area (Å²) in [4.78, 5) is 14.8. The Hall–Kier alpha value is -2.47. The summed E-state index contributed by atoms with van der Waals surface area (Å²) in [6.07, 6.45) is 2.28. The standard InChI is InChI=1S/C20H24N2O4/c1-14-4-6-17(26-14)12-22-8-2-3-15(11-22)10-21-20(23)16-5-7-18-19(9-16)25-13-24-18/h4-7,9,15H,2-3,8,10-13H2,1H3,(H,21,23)/t15-/m1/s1. The third-order valence-corrected chi connectivity index (χ3v) is 4.96. The first-order valence-corrected chi connectivity index (χ1v) is 9.13. The number of piperidine rings is 1. The van der Waals surface area contributed by atoms with Crippen LogP contribution in [-0.4, -0.2) is 37.2 Å². The lowest BCUT2D eigenvalue weighted by Gasteiger charge is -2.32. The van der Waals surface area contributed by atoms with Gasteiger partial charge < -0.3 is 19.2 Å². The van der Waals surface area contributed by atoms with Gasteiger partial charge in [-0.05, 0) is 62.6 Å². The third-order valence-electron chi connectivity index (χ3n) is 4.96. The number of aryl methyl sites for hydroxylation is 1. The number of hydrogen-bond acceptors (Lipinski definition) is 5. The summed E-state index contributed by atoms with van der Waals surface area (Å²) < 4.78 is 16.3. The quantitative estimate of drug-likeness (QED) is 0.892. The van der Waals surface area contributed by atoms with E-state index in [2.05, 4.69) is 10.2 Å². The maximum Gasteiger partial charge on any atom is 0.251 e. The number of benzene rings is 1. The maximum atomic E-state index is 12.4. The van der Waals surface area contributed by atoms with Gasteiger partial charge in [0, 0.05) is 18.7 Å². The number of carbonyl (C=O) groups excluding carboxylic acids is 1. The Bertz CT molecular complexity index is 786. The van der Waals surface area contributed by atoms with Crippen molar-refractivity contribution in [2.45, 2.75) is 26.3 Å². The van der Waals surface area contributed by atoms with Gasteiger partial charge in [-0.3, -0.25) is 9.69 Å². The third kappa shape index (κ3) is 3.85. The van der Waals surface area contributed by atoms with E-state index in [0.717, 1.165) is 44.0 Å². The van der Waals surface area contributed by atoms with Crippen molar-refractivity contribution >= 4 is 5.91 Å². The van der Waals surface area contributed by atoms with Crippen LogP contribution >= 0.6 is 0 Å². The van der Waals surface area contributed by atoms with Gasteiger partial charge >= 0.3 is 0 Å². The molecule has 0 saturated carbocycles. The van der Waals surface area contributed by atoms with Crippen molar-refractivity contribution in [1.82, 2.24) is 10.2 Å². The summed E-state index contributed by atoms with van der Waals surface area (Å²) in [5.41, 5.74) is 0.605. The molecule has 0 spiro atoms. The van der Waals surface area contributed by atoms with Crippen molar-refractivity contribution in [3.05, 3.63) is 47.4 Å². The van der Waals surface area contributed by atoms with Gasteiger partial charge in [0.2, 0.25) is 6.79 Å². The van der Waals surface area contributed by atoms with Crippen molar-refractivity contribution in [2.75, 3.05) is 26.4 Å². The van der Waals surface area contributed by atoms with Gasteiger partial charge in [-0.2, -0.15) is 0 Å². The Morgan fingerprint density at radius 1 is 1.23 bits per heavy atom. The molecule has 0 bridgehead atoms. The summed E-state index contributed by atoms with van der Waals surface area (Å²) in [6, 6.07) is 9.34. The van der Waals surface area contributed by atoms with E-state index < -0.39 is 0 Å². The molecule has 3 heterocycles. The minimum absolute atomic E-state index is 0.0675. The molecule has 6 heteroatoms. The number of likely N-dealkylation sites (tertiary alicyclic amines) is 1. The van der Waals surface area contributed by atoms with Crippen LogP contribution in [-0.2, 0) is 6.54 Å². The largest absolute Gasteiger partial charge is 0.465 e. The van der Waals surface area contributed by atoms with E-state index in [1.807, 2.05) is 19.1 Å². The second kappa shape index (κ2) is 7.41. The van der Waals surface area contributed by atoms with Crippen LogP contribution < -0.4 is 14.8 Å². The minimum Gasteiger partial charge on any atom is -0.465 e. The van der Waals surface area contributed by atoms with E-state index in [0.29, 0.717) is 29.5 Å². The Labute approximate surface area is 153 Å². The molecular weight excluding hydrogens is 332 g/mol. The minimum atomic E-state index is -0.0675. The molecule has 0 radical (unpaired) electrons. The van der Waals surface area contributed by atoms with Crippen LogP contribution in [0.1, 0.15) is 34.7 Å². The number of hydrogen-bond donors (Lipinski definition) is 1. The van der Waals surface area contributed by atoms with Crippen LogP contribution in [0, 0.1) is 12.8 Å². The number of furan rings is 1. The van der Waals surface area contributed by atoms with Crippen LogP contribution in [0.2, 0.25) is 0 Å². The van der Waals surface area contributed by atoms with Gasteiger partial charge in [0.1, 0.15) is 11.5 Å². The molecule has 0 aliphatic carbocycles. The number of nitrogens with one attached hydrogen (secondary N) is 1. The Morgan fingerprint density at radius 3 is 2.96 bits per heavy atom. The van der Waals surface area contributed by atoms with E-state index in [1.165, 1.54) is 0 Å². The molecular formula is C20H24N2O4. The molecule has 4 rings (SSSR count). The van der Waals surface area contributed by atoms with Gasteiger partial charge in [-0.25, -0.2) is 0 Å². The zero-order chi connectivity index (χ0) is 17.9. The lowest BCUT2D eigenvalue weighted by atomic mass is 9.97. The van der Waals surface area contributed by atoms with E-state index >= 15 is 0 Å². The number of ether oxygens (including phenoxy) is 2. The van der Waals surface area contributed by atoms with Crippen LogP contribution in [0.15, 0.2) is 34.7 Å². The first kappa shape index (κ1) is 17.0. The summed E-state index contributed by atoms with van der Waals surface area (Å²) in [6.45, 7) is 5.75. The lowest BCUT2D eigenvalue weighted by Crippen LogP contribution is -2.40. The molecule has 1 fully saturated rings. The predicted octanol–water partition coefficient (Wildman–Crippen LogP) is 2.96. The van der Waals surface area contributed by atoms with Crippen LogP contribution in [0.3, 0.4) is 0 Å². The number of amides is 1. The van der Waals surface area contributed by atoms with Gasteiger partial charge in [-0.1, -0.05) is 0 Å². The van der Waals surface area contributed by atoms with E-state index in [9.17, 15) is 4.79 Å². The zero-order valence-corrected chi connectivity index (χ0v) is 15.0. The SMILES string of the molecule is Cc1ccc(CN2CCC[C@H](CNC(=O)c3ccc4c(c3)OCO4)C2)o1. The fourth-order valence-corrected chi connectivity index (χ4v) is 3.63. The normalized spacial score (nSPS) is 19.5. The molecule has 1 saturated heterocycles. The molecule has 0 unspecified atom stereocenters. The molecule has 2 aromatic rings. The summed E-state index contributed by atoms with van der Waals surface area (Å²) in [5, 5.41) is 3.06. The topological polar surface area (TPSA) is 63.9 Å². The van der Waals surface area contributed by atoms with Crippen molar-refractivity contribution in [3.8, 4) is 11.5 Å². The smallest absolute Gasteiger partial charge is 0.251 e. The second-order valence-corrected chi connectivity index (χ2v) is 7.03. The highest BCUT2D eigenvalue weighted by Gasteiger charge is 2.22. The van der Waals surface area contributed by atoms with Gasteiger partial charge in [0.15, 0.2) is 11.5 Å². The maximum absolute atomic E-state index is 12.4. The van der Waals surface area contributed by atoms with Gasteiger partial charge in [-0.15, -0.1) is 0 Å². The average Bonchev–Trinajstić information content (AvgIpc) is 3.28. The highest BCUT2D eigenvalue weighted by molar-refractivity contribution is 5.94. The molecule has 1 atom stereocenters. The van der Waals surface area contributed by atoms with Gasteiger partial charge in [0.25, 0.3) is 5.91 Å². The van der Waals surface area contributed by atoms with Crippen LogP contribution in [0.25, 0.3) is 0 Å². The van der Waals surface area contributed by atoms with Crippen molar-refractivity contribution < 1.29 is 18.7 Å². The first-order chi connectivity index (χ1) is 12.7. The summed E-state index contributed by atoms with van der Waals surface area (Å²) in [5.74, 6) is 3.67. The Morgan fingerprint density at radius 2 is 2.12 bits per heavy atom. The van der Waals surface area contributed by atoms with Crippen LogP contribution in [0.4, 0.5) is 0 Å². The van der Waals surface area contributed by atoms with E-state index in [1.54, 1.807) is 18.2 Å². The fourth-order valence-electron chi connectivity index (χ4n) is 3.63.